The van der Waals surface area contributed by atoms with Gasteiger partial charge in [-0.15, -0.1) is 0 Å². The van der Waals surface area contributed by atoms with E-state index in [9.17, 15) is 4.79 Å². The number of hydrogen-bond donors (Lipinski definition) is 2. The van der Waals surface area contributed by atoms with Crippen molar-refractivity contribution in [3.63, 3.8) is 0 Å². The Kier molecular flexibility index (Phi) is 4.23. The average molecular weight is 250 g/mol. The lowest BCUT2D eigenvalue weighted by Gasteiger charge is -2.20. The summed E-state index contributed by atoms with van der Waals surface area (Å²) < 4.78 is 0. The highest BCUT2D eigenvalue weighted by atomic mass is 16.2. The Morgan fingerprint density at radius 2 is 2.39 bits per heavy atom. The molecule has 1 atom stereocenters. The van der Waals surface area contributed by atoms with Crippen molar-refractivity contribution < 1.29 is 4.79 Å². The molecule has 1 aliphatic rings. The fourth-order valence-electron chi connectivity index (χ4n) is 2.69. The van der Waals surface area contributed by atoms with E-state index in [1.54, 1.807) is 0 Å². The highest BCUT2D eigenvalue weighted by Gasteiger charge is 2.23. The highest BCUT2D eigenvalue weighted by Crippen LogP contribution is 2.23. The number of nitrogens with one attached hydrogen (secondary N) is 1. The minimum atomic E-state index is -0.0119. The number of nitrogen functional groups attached to an aromatic ring is 1. The van der Waals surface area contributed by atoms with Crippen molar-refractivity contribution in [3.05, 3.63) is 11.9 Å². The number of likely N-dealkylation sites (tertiary alicyclic amines) is 1. The van der Waals surface area contributed by atoms with Crippen LogP contribution in [0.5, 0.6) is 0 Å². The summed E-state index contributed by atoms with van der Waals surface area (Å²) in [5, 5.41) is 6.50. The molecule has 5 nitrogen and oxygen atoms in total. The van der Waals surface area contributed by atoms with Gasteiger partial charge >= 0.3 is 0 Å². The van der Waals surface area contributed by atoms with Gasteiger partial charge in [-0.2, -0.15) is 5.10 Å². The van der Waals surface area contributed by atoms with Crippen LogP contribution < -0.4 is 5.73 Å². The first-order chi connectivity index (χ1) is 8.72. The molecule has 1 saturated heterocycles. The normalized spacial score (nSPS) is 20.7. The van der Waals surface area contributed by atoms with Crippen LogP contribution in [0.3, 0.4) is 0 Å². The quantitative estimate of drug-likeness (QED) is 0.862. The Labute approximate surface area is 108 Å². The van der Waals surface area contributed by atoms with Crippen LogP contribution >= 0.6 is 0 Å². The Bertz CT molecular complexity index is 401. The fourth-order valence-corrected chi connectivity index (χ4v) is 2.69. The molecular formula is C13H22N4O. The average Bonchev–Trinajstić information content (AvgIpc) is 2.64. The zero-order valence-corrected chi connectivity index (χ0v) is 11.0. The minimum Gasteiger partial charge on any atom is -0.396 e. The lowest BCUT2D eigenvalue weighted by Crippen LogP contribution is -2.32. The van der Waals surface area contributed by atoms with Crippen LogP contribution in [0.4, 0.5) is 5.69 Å². The minimum absolute atomic E-state index is 0.0119. The zero-order valence-electron chi connectivity index (χ0n) is 11.0. The number of H-pyrrole nitrogens is 1. The highest BCUT2D eigenvalue weighted by molar-refractivity contribution is 5.96. The van der Waals surface area contributed by atoms with Crippen molar-refractivity contribution in [2.75, 3.05) is 18.8 Å². The molecule has 0 aliphatic carbocycles. The van der Waals surface area contributed by atoms with E-state index in [-0.39, 0.29) is 5.91 Å². The van der Waals surface area contributed by atoms with Gasteiger partial charge in [-0.25, -0.2) is 0 Å². The Hall–Kier alpha value is -1.52. The van der Waals surface area contributed by atoms with Gasteiger partial charge in [-0.1, -0.05) is 19.8 Å². The molecule has 1 aromatic heterocycles. The summed E-state index contributed by atoms with van der Waals surface area (Å²) in [6.45, 7) is 3.89. The molecule has 100 valence electrons. The molecule has 0 bridgehead atoms. The van der Waals surface area contributed by atoms with Gasteiger partial charge < -0.3 is 10.6 Å². The molecule has 1 amide bonds. The van der Waals surface area contributed by atoms with Crippen molar-refractivity contribution in [3.8, 4) is 0 Å². The second-order valence-electron chi connectivity index (χ2n) is 5.08. The van der Waals surface area contributed by atoms with Crippen LogP contribution in [-0.4, -0.2) is 34.1 Å². The van der Waals surface area contributed by atoms with E-state index in [4.69, 9.17) is 5.73 Å². The zero-order chi connectivity index (χ0) is 13.0. The van der Waals surface area contributed by atoms with Crippen LogP contribution in [0.25, 0.3) is 0 Å². The third-order valence-corrected chi connectivity index (χ3v) is 3.71. The third kappa shape index (κ3) is 2.83. The Morgan fingerprint density at radius 3 is 3.06 bits per heavy atom. The molecule has 1 aromatic rings. The number of anilines is 1. The topological polar surface area (TPSA) is 75.0 Å². The number of hydrogen-bond acceptors (Lipinski definition) is 3. The second-order valence-corrected chi connectivity index (χ2v) is 5.08. The molecule has 2 rings (SSSR count). The predicted octanol–water partition coefficient (Wildman–Crippen LogP) is 2.03. The van der Waals surface area contributed by atoms with E-state index < -0.39 is 0 Å². The van der Waals surface area contributed by atoms with Crippen molar-refractivity contribution >= 4 is 11.6 Å². The summed E-state index contributed by atoms with van der Waals surface area (Å²) in [7, 11) is 0. The lowest BCUT2D eigenvalue weighted by atomic mass is 9.96. The molecule has 0 radical (unpaired) electrons. The maximum absolute atomic E-state index is 12.3. The molecule has 1 fully saturated rings. The van der Waals surface area contributed by atoms with Crippen molar-refractivity contribution in [2.45, 2.75) is 39.0 Å². The number of carbonyl (C=O) groups is 1. The first-order valence-corrected chi connectivity index (χ1v) is 6.80. The van der Waals surface area contributed by atoms with Crippen molar-refractivity contribution in [1.82, 2.24) is 15.1 Å². The van der Waals surface area contributed by atoms with Gasteiger partial charge in [0.25, 0.3) is 5.91 Å². The summed E-state index contributed by atoms with van der Waals surface area (Å²) in [6, 6.07) is 0. The first kappa shape index (κ1) is 12.9. The summed E-state index contributed by atoms with van der Waals surface area (Å²) in [6.07, 6.45) is 7.42. The summed E-state index contributed by atoms with van der Waals surface area (Å²) in [4.78, 5) is 14.2. The maximum Gasteiger partial charge on any atom is 0.274 e. The van der Waals surface area contributed by atoms with Gasteiger partial charge in [-0.05, 0) is 25.2 Å². The molecule has 0 saturated carbocycles. The second kappa shape index (κ2) is 5.89. The van der Waals surface area contributed by atoms with Crippen LogP contribution in [0, 0.1) is 5.92 Å². The monoisotopic (exact) mass is 250 g/mol. The van der Waals surface area contributed by atoms with Gasteiger partial charge in [0.2, 0.25) is 0 Å². The number of aromatic amines is 1. The van der Waals surface area contributed by atoms with Crippen molar-refractivity contribution in [1.29, 1.82) is 0 Å². The van der Waals surface area contributed by atoms with Crippen LogP contribution in [0.2, 0.25) is 0 Å². The van der Waals surface area contributed by atoms with Gasteiger partial charge in [0.15, 0.2) is 0 Å². The number of carbonyl (C=O) groups excluding carboxylic acids is 1. The van der Waals surface area contributed by atoms with Crippen LogP contribution in [0.1, 0.15) is 49.5 Å². The van der Waals surface area contributed by atoms with Gasteiger partial charge in [0, 0.05) is 13.1 Å². The first-order valence-electron chi connectivity index (χ1n) is 6.80. The molecule has 5 heteroatoms. The van der Waals surface area contributed by atoms with E-state index in [0.29, 0.717) is 11.4 Å². The fraction of sp³-hybridized carbons (Fsp3) is 0.692. The van der Waals surface area contributed by atoms with Gasteiger partial charge in [-0.3, -0.25) is 9.89 Å². The summed E-state index contributed by atoms with van der Waals surface area (Å²) in [5.41, 5.74) is 6.59. The molecule has 0 spiro atoms. The molecule has 3 N–H and O–H groups in total. The van der Waals surface area contributed by atoms with Crippen LogP contribution in [0.15, 0.2) is 6.20 Å². The number of aromatic nitrogens is 2. The SMILES string of the molecule is CCCC1CCCN(C(=O)c2[nH]ncc2N)CC1. The van der Waals surface area contributed by atoms with E-state index in [1.807, 2.05) is 4.90 Å². The predicted molar refractivity (Wildman–Crippen MR) is 71.2 cm³/mol. The smallest absolute Gasteiger partial charge is 0.274 e. The Balaban J connectivity index is 1.98. The van der Waals surface area contributed by atoms with E-state index in [0.717, 1.165) is 31.8 Å². The number of nitrogens with two attached hydrogens (primary N) is 1. The molecule has 18 heavy (non-hydrogen) atoms. The molecule has 1 unspecified atom stereocenters. The number of nitrogens with zero attached hydrogens (tertiary/aromatic N) is 2. The van der Waals surface area contributed by atoms with Gasteiger partial charge in [0.1, 0.15) is 5.69 Å². The van der Waals surface area contributed by atoms with Crippen molar-refractivity contribution in [2.24, 2.45) is 5.92 Å². The summed E-state index contributed by atoms with van der Waals surface area (Å²) >= 11 is 0. The number of rotatable bonds is 3. The maximum atomic E-state index is 12.3. The van der Waals surface area contributed by atoms with Crippen LogP contribution in [-0.2, 0) is 0 Å². The molecule has 1 aliphatic heterocycles. The number of amides is 1. The largest absolute Gasteiger partial charge is 0.396 e. The van der Waals surface area contributed by atoms with E-state index in [1.165, 1.54) is 25.5 Å². The van der Waals surface area contributed by atoms with E-state index >= 15 is 0 Å². The summed E-state index contributed by atoms with van der Waals surface area (Å²) in [5.74, 6) is 0.758. The van der Waals surface area contributed by atoms with E-state index in [2.05, 4.69) is 17.1 Å². The Morgan fingerprint density at radius 1 is 1.56 bits per heavy atom. The molecule has 2 heterocycles. The molecular weight excluding hydrogens is 228 g/mol. The van der Waals surface area contributed by atoms with Gasteiger partial charge in [0.05, 0.1) is 11.9 Å². The molecule has 0 aromatic carbocycles. The standard InChI is InChI=1S/C13H22N4O/c1-2-4-10-5-3-7-17(8-6-10)13(18)12-11(14)9-15-16-12/h9-10H,2-8,14H2,1H3,(H,15,16). The third-order valence-electron chi connectivity index (χ3n) is 3.71. The lowest BCUT2D eigenvalue weighted by molar-refractivity contribution is 0.0755.